The van der Waals surface area contributed by atoms with Gasteiger partial charge in [-0.15, -0.1) is 0 Å². The van der Waals surface area contributed by atoms with Crippen LogP contribution in [0.1, 0.15) is 250 Å². The summed E-state index contributed by atoms with van der Waals surface area (Å²) < 4.78 is 24.8. The first-order chi connectivity index (χ1) is 33.1. The fourth-order valence-electron chi connectivity index (χ4n) is 11.0. The van der Waals surface area contributed by atoms with Crippen molar-refractivity contribution in [2.75, 3.05) is 28.4 Å². The summed E-state index contributed by atoms with van der Waals surface area (Å²) >= 11 is 0. The van der Waals surface area contributed by atoms with Gasteiger partial charge in [0.1, 0.15) is 46.0 Å². The zero-order chi connectivity index (χ0) is 49.0. The second kappa shape index (κ2) is 28.1. The molecule has 0 saturated heterocycles. The number of methoxy groups -OCH3 is 4. The van der Waals surface area contributed by atoms with Gasteiger partial charge in [0.2, 0.25) is 0 Å². The molecule has 5 rings (SSSR count). The first-order valence-electron chi connectivity index (χ1n) is 26.7. The smallest absolute Gasteiger partial charge is 0.126 e. The second-order valence-electron chi connectivity index (χ2n) is 19.6. The molecule has 0 fully saturated rings. The van der Waals surface area contributed by atoms with E-state index >= 15 is 0 Å². The maximum atomic E-state index is 12.3. The predicted octanol–water partition coefficient (Wildman–Crippen LogP) is 16.8. The molecule has 0 aliphatic heterocycles. The molecule has 0 aromatic heterocycles. The number of aromatic hydroxyl groups is 4. The minimum Gasteiger partial charge on any atom is -0.508 e. The summed E-state index contributed by atoms with van der Waals surface area (Å²) in [7, 11) is 6.62. The van der Waals surface area contributed by atoms with Gasteiger partial charge < -0.3 is 39.4 Å². The van der Waals surface area contributed by atoms with E-state index in [0.717, 1.165) is 173 Å². The Morgan fingerprint density at radius 1 is 0.279 bits per heavy atom. The summed E-state index contributed by atoms with van der Waals surface area (Å²) in [6, 6.07) is 15.6. The lowest BCUT2D eigenvalue weighted by molar-refractivity contribution is 0.386. The summed E-state index contributed by atoms with van der Waals surface area (Å²) in [6.45, 7) is 8.91. The van der Waals surface area contributed by atoms with Crippen molar-refractivity contribution in [2.24, 2.45) is 0 Å². The van der Waals surface area contributed by atoms with Crippen LogP contribution < -0.4 is 18.9 Å². The molecule has 68 heavy (non-hydrogen) atoms. The van der Waals surface area contributed by atoms with Crippen molar-refractivity contribution >= 4 is 0 Å². The van der Waals surface area contributed by atoms with E-state index in [0.29, 0.717) is 23.0 Å². The summed E-state index contributed by atoms with van der Waals surface area (Å²) in [6.07, 6.45) is 24.7. The molecule has 376 valence electrons. The van der Waals surface area contributed by atoms with E-state index in [4.69, 9.17) is 18.9 Å². The van der Waals surface area contributed by atoms with Gasteiger partial charge in [0.15, 0.2) is 0 Å². The number of ether oxygens (including phenoxy) is 4. The highest BCUT2D eigenvalue weighted by Crippen LogP contribution is 2.53. The molecule has 4 aromatic carbocycles. The summed E-state index contributed by atoms with van der Waals surface area (Å²) in [5.74, 6) is 1.64. The molecule has 0 heterocycles. The highest BCUT2D eigenvalue weighted by Gasteiger charge is 2.34. The fourth-order valence-corrected chi connectivity index (χ4v) is 11.0. The molecule has 0 spiro atoms. The third-order valence-electron chi connectivity index (χ3n) is 14.9. The van der Waals surface area contributed by atoms with E-state index in [2.05, 4.69) is 52.0 Å². The third-order valence-corrected chi connectivity index (χ3v) is 14.9. The second-order valence-corrected chi connectivity index (χ2v) is 19.6. The Labute approximate surface area is 410 Å². The summed E-state index contributed by atoms with van der Waals surface area (Å²) in [4.78, 5) is 0. The van der Waals surface area contributed by atoms with Crippen LogP contribution >= 0.6 is 0 Å². The van der Waals surface area contributed by atoms with E-state index in [1.165, 1.54) is 25.7 Å². The molecule has 1 aliphatic carbocycles. The van der Waals surface area contributed by atoms with Crippen LogP contribution in [0.2, 0.25) is 0 Å². The van der Waals surface area contributed by atoms with Crippen molar-refractivity contribution in [3.05, 3.63) is 93.0 Å². The average Bonchev–Trinajstić information content (AvgIpc) is 3.34. The topological polar surface area (TPSA) is 118 Å². The normalized spacial score (nSPS) is 16.7. The number of benzene rings is 4. The van der Waals surface area contributed by atoms with Crippen LogP contribution in [0.5, 0.6) is 46.0 Å². The van der Waals surface area contributed by atoms with Gasteiger partial charge in [-0.05, 0) is 49.9 Å². The number of rotatable bonds is 28. The van der Waals surface area contributed by atoms with Gasteiger partial charge in [-0.2, -0.15) is 0 Å². The van der Waals surface area contributed by atoms with E-state index in [9.17, 15) is 20.4 Å². The molecule has 0 unspecified atom stereocenters. The molecule has 1 aliphatic rings. The van der Waals surface area contributed by atoms with Crippen LogP contribution in [0.3, 0.4) is 0 Å². The van der Waals surface area contributed by atoms with Crippen molar-refractivity contribution in [1.29, 1.82) is 0 Å². The van der Waals surface area contributed by atoms with Gasteiger partial charge in [0, 0.05) is 92.4 Å². The quantitative estimate of drug-likeness (QED) is 0.0416. The molecule has 0 saturated carbocycles. The molecule has 0 radical (unpaired) electrons. The number of fused-ring (bicyclic) bond motifs is 8. The van der Waals surface area contributed by atoms with Crippen molar-refractivity contribution < 1.29 is 39.4 Å². The minimum atomic E-state index is -0.298. The number of hydrogen-bond acceptors (Lipinski definition) is 8. The Hall–Kier alpha value is -4.72. The van der Waals surface area contributed by atoms with Crippen LogP contribution in [0.25, 0.3) is 0 Å². The van der Waals surface area contributed by atoms with Crippen molar-refractivity contribution in [1.82, 2.24) is 0 Å². The number of phenolic OH excluding ortho intramolecular Hbond substituents is 4. The molecular formula is C60H88O8. The Balaban J connectivity index is 1.93. The van der Waals surface area contributed by atoms with E-state index in [1.54, 1.807) is 52.7 Å². The molecule has 4 atom stereocenters. The average molecular weight is 937 g/mol. The SMILES string of the molecule is CCCCCCC[C@H]1c2cc(c(OC)cc2O)[C@@H](CCCCCCC)c2cc(c(OC)cc2O)[C@@H](CCCCCCC)c2cc(c(OC)cc2O)[C@@H](CCCCCCC)c2cc1c(OC)cc2O. The van der Waals surface area contributed by atoms with E-state index in [-0.39, 0.29) is 46.7 Å². The lowest BCUT2D eigenvalue weighted by Crippen LogP contribution is -2.13. The van der Waals surface area contributed by atoms with E-state index in [1.807, 2.05) is 0 Å². The summed E-state index contributed by atoms with van der Waals surface area (Å²) in [5, 5.41) is 49.1. The Morgan fingerprint density at radius 3 is 0.647 bits per heavy atom. The fraction of sp³-hybridized carbons (Fsp3) is 0.600. The molecule has 8 nitrogen and oxygen atoms in total. The maximum absolute atomic E-state index is 12.3. The van der Waals surface area contributed by atoms with Crippen molar-refractivity contribution in [3.8, 4) is 46.0 Å². The van der Waals surface area contributed by atoms with Gasteiger partial charge in [-0.25, -0.2) is 0 Å². The zero-order valence-electron chi connectivity index (χ0n) is 43.3. The van der Waals surface area contributed by atoms with Crippen LogP contribution in [0, 0.1) is 0 Å². The largest absolute Gasteiger partial charge is 0.508 e. The number of unbranched alkanes of at least 4 members (excludes halogenated alkanes) is 16. The Bertz CT molecular complexity index is 1840. The molecular weight excluding hydrogens is 849 g/mol. The molecule has 4 N–H and O–H groups in total. The minimum absolute atomic E-state index is 0.142. The summed E-state index contributed by atoms with van der Waals surface area (Å²) in [5.41, 5.74) is 6.69. The zero-order valence-corrected chi connectivity index (χ0v) is 43.3. The van der Waals surface area contributed by atoms with Gasteiger partial charge in [0.05, 0.1) is 28.4 Å². The van der Waals surface area contributed by atoms with Crippen LogP contribution in [0.15, 0.2) is 48.5 Å². The van der Waals surface area contributed by atoms with Crippen molar-refractivity contribution in [3.63, 3.8) is 0 Å². The lowest BCUT2D eigenvalue weighted by Gasteiger charge is -2.30. The Kier molecular flexibility index (Phi) is 22.4. The monoisotopic (exact) mass is 937 g/mol. The maximum Gasteiger partial charge on any atom is 0.126 e. The first kappa shape index (κ1) is 54.2. The van der Waals surface area contributed by atoms with E-state index < -0.39 is 0 Å². The van der Waals surface area contributed by atoms with Crippen LogP contribution in [-0.2, 0) is 0 Å². The van der Waals surface area contributed by atoms with Gasteiger partial charge in [-0.3, -0.25) is 0 Å². The van der Waals surface area contributed by atoms with Gasteiger partial charge in [-0.1, -0.05) is 156 Å². The predicted molar refractivity (Wildman–Crippen MR) is 280 cm³/mol. The molecule has 8 bridgehead atoms. The van der Waals surface area contributed by atoms with Crippen LogP contribution in [-0.4, -0.2) is 48.9 Å². The highest BCUT2D eigenvalue weighted by molar-refractivity contribution is 5.62. The third kappa shape index (κ3) is 13.7. The number of phenols is 4. The van der Waals surface area contributed by atoms with Gasteiger partial charge in [0.25, 0.3) is 0 Å². The number of hydrogen-bond donors (Lipinski definition) is 4. The molecule has 4 aromatic rings. The lowest BCUT2D eigenvalue weighted by atomic mass is 9.76. The standard InChI is InChI=1S/C60H88O8/c1-9-13-17-21-25-29-41-45-33-50(58(66-6)37-53(45)61)43(31-27-23-19-15-11-3)47-35-52(60(68-8)39-55(47)63)44(32-28-24-20-16-12-4)48-36-51(59(67-7)40-56(48)64)42(30-26-22-18-14-10-2)46-34-49(41)57(65-5)38-54(46)62/h33-44,61-64H,9-32H2,1-8H3/t41-,42-,43-,44-/m0/s1. The van der Waals surface area contributed by atoms with Crippen LogP contribution in [0.4, 0.5) is 0 Å². The Morgan fingerprint density at radius 2 is 0.471 bits per heavy atom. The molecule has 8 heteroatoms. The molecule has 0 amide bonds. The highest BCUT2D eigenvalue weighted by atomic mass is 16.5. The first-order valence-corrected chi connectivity index (χ1v) is 26.7. The van der Waals surface area contributed by atoms with Crippen molar-refractivity contribution in [2.45, 2.75) is 205 Å². The van der Waals surface area contributed by atoms with Gasteiger partial charge >= 0.3 is 0 Å².